The third-order valence-corrected chi connectivity index (χ3v) is 5.16. The van der Waals surface area contributed by atoms with Crippen LogP contribution in [0.3, 0.4) is 0 Å². The van der Waals surface area contributed by atoms with Crippen LogP contribution in [0.1, 0.15) is 37.8 Å². The van der Waals surface area contributed by atoms with E-state index in [0.717, 1.165) is 30.7 Å². The van der Waals surface area contributed by atoms with Crippen molar-refractivity contribution in [2.45, 2.75) is 39.8 Å². The van der Waals surface area contributed by atoms with Gasteiger partial charge in [0.2, 0.25) is 0 Å². The van der Waals surface area contributed by atoms with Gasteiger partial charge in [0, 0.05) is 11.1 Å². The number of quaternary nitrogens is 1. The lowest BCUT2D eigenvalue weighted by Gasteiger charge is -2.39. The van der Waals surface area contributed by atoms with Crippen LogP contribution < -0.4 is 0 Å². The summed E-state index contributed by atoms with van der Waals surface area (Å²) in [6.07, 6.45) is 7.29. The molecule has 0 aromatic heterocycles. The van der Waals surface area contributed by atoms with E-state index in [-0.39, 0.29) is 0 Å². The van der Waals surface area contributed by atoms with Crippen molar-refractivity contribution in [2.24, 2.45) is 0 Å². The third-order valence-electron chi connectivity index (χ3n) is 5.16. The molecule has 0 aliphatic carbocycles. The van der Waals surface area contributed by atoms with Gasteiger partial charge in [-0.1, -0.05) is 72.3 Å². The smallest absolute Gasteiger partial charge is 0.105 e. The van der Waals surface area contributed by atoms with Crippen LogP contribution in [0.2, 0.25) is 0 Å². The molecule has 130 valence electrons. The molecule has 1 aliphatic heterocycles. The van der Waals surface area contributed by atoms with E-state index in [2.05, 4.69) is 86.7 Å². The summed E-state index contributed by atoms with van der Waals surface area (Å²) in [7, 11) is 0. The average molecular weight is 333 g/mol. The molecule has 1 heterocycles. The Morgan fingerprint density at radius 3 is 1.84 bits per heavy atom. The van der Waals surface area contributed by atoms with Gasteiger partial charge in [0.25, 0.3) is 0 Å². The van der Waals surface area contributed by atoms with E-state index in [0.29, 0.717) is 0 Å². The number of hydrogen-bond donors (Lipinski definition) is 0. The SMILES string of the molecule is C/C1=C/C[N+](Cc2ccccc2)(Cc2ccccc2)C/C(C)=C\CC1. The minimum atomic E-state index is 1.06. The first-order chi connectivity index (χ1) is 12.2. The second-order valence-corrected chi connectivity index (χ2v) is 7.61. The summed E-state index contributed by atoms with van der Waals surface area (Å²) in [6, 6.07) is 21.9. The van der Waals surface area contributed by atoms with Gasteiger partial charge in [-0.05, 0) is 38.3 Å². The lowest BCUT2D eigenvalue weighted by Crippen LogP contribution is -2.47. The topological polar surface area (TPSA) is 0 Å². The molecule has 1 heteroatoms. The maximum Gasteiger partial charge on any atom is 0.105 e. The second kappa shape index (κ2) is 8.31. The molecule has 0 N–H and O–H groups in total. The Morgan fingerprint density at radius 2 is 1.28 bits per heavy atom. The Kier molecular flexibility index (Phi) is 5.88. The number of rotatable bonds is 4. The fourth-order valence-electron chi connectivity index (χ4n) is 3.89. The van der Waals surface area contributed by atoms with Crippen LogP contribution in [-0.4, -0.2) is 17.6 Å². The number of nitrogens with zero attached hydrogens (tertiary/aromatic N) is 1. The normalized spacial score (nSPS) is 21.8. The van der Waals surface area contributed by atoms with E-state index >= 15 is 0 Å². The molecule has 0 amide bonds. The van der Waals surface area contributed by atoms with Gasteiger partial charge in [0.15, 0.2) is 0 Å². The van der Waals surface area contributed by atoms with Crippen molar-refractivity contribution in [1.29, 1.82) is 0 Å². The molecule has 0 spiro atoms. The van der Waals surface area contributed by atoms with Gasteiger partial charge in [-0.2, -0.15) is 0 Å². The van der Waals surface area contributed by atoms with Gasteiger partial charge in [-0.25, -0.2) is 0 Å². The zero-order valence-corrected chi connectivity index (χ0v) is 15.6. The van der Waals surface area contributed by atoms with Crippen LogP contribution in [-0.2, 0) is 13.1 Å². The van der Waals surface area contributed by atoms with Gasteiger partial charge in [0.1, 0.15) is 19.6 Å². The first kappa shape index (κ1) is 17.7. The second-order valence-electron chi connectivity index (χ2n) is 7.61. The molecule has 0 saturated carbocycles. The number of hydrogen-bond acceptors (Lipinski definition) is 0. The summed E-state index contributed by atoms with van der Waals surface area (Å²) in [6.45, 7) is 8.96. The Morgan fingerprint density at radius 1 is 0.720 bits per heavy atom. The summed E-state index contributed by atoms with van der Waals surface area (Å²) < 4.78 is 1.06. The van der Waals surface area contributed by atoms with Crippen molar-refractivity contribution in [2.75, 3.05) is 13.1 Å². The van der Waals surface area contributed by atoms with Crippen molar-refractivity contribution in [3.05, 3.63) is 95.1 Å². The number of benzene rings is 2. The van der Waals surface area contributed by atoms with E-state index < -0.39 is 0 Å². The van der Waals surface area contributed by atoms with Gasteiger partial charge in [-0.3, -0.25) is 0 Å². The van der Waals surface area contributed by atoms with E-state index in [1.54, 1.807) is 0 Å². The summed E-state index contributed by atoms with van der Waals surface area (Å²) in [4.78, 5) is 0. The molecular weight excluding hydrogens is 302 g/mol. The molecule has 2 aromatic carbocycles. The van der Waals surface area contributed by atoms with E-state index in [1.165, 1.54) is 35.1 Å². The van der Waals surface area contributed by atoms with Crippen molar-refractivity contribution < 1.29 is 4.48 Å². The molecule has 0 unspecified atom stereocenters. The lowest BCUT2D eigenvalue weighted by molar-refractivity contribution is -0.944. The highest BCUT2D eigenvalue weighted by Crippen LogP contribution is 2.25. The predicted octanol–water partition coefficient (Wildman–Crippen LogP) is 5.89. The van der Waals surface area contributed by atoms with Crippen LogP contribution in [0.15, 0.2) is 84.0 Å². The van der Waals surface area contributed by atoms with Crippen molar-refractivity contribution in [3.63, 3.8) is 0 Å². The highest BCUT2D eigenvalue weighted by Gasteiger charge is 2.28. The maximum absolute atomic E-state index is 2.48. The highest BCUT2D eigenvalue weighted by molar-refractivity contribution is 5.16. The van der Waals surface area contributed by atoms with Crippen molar-refractivity contribution in [3.8, 4) is 0 Å². The zero-order chi connectivity index (χ0) is 17.5. The molecule has 0 saturated heterocycles. The first-order valence-electron chi connectivity index (χ1n) is 9.39. The maximum atomic E-state index is 2.48. The Hall–Kier alpha value is -2.12. The fourth-order valence-corrected chi connectivity index (χ4v) is 3.89. The van der Waals surface area contributed by atoms with Crippen LogP contribution in [0.25, 0.3) is 0 Å². The van der Waals surface area contributed by atoms with Gasteiger partial charge in [-0.15, -0.1) is 0 Å². The summed E-state index contributed by atoms with van der Waals surface area (Å²) in [5, 5.41) is 0. The van der Waals surface area contributed by atoms with E-state index in [1.807, 2.05) is 0 Å². The molecular formula is C24H30N+. The molecule has 25 heavy (non-hydrogen) atoms. The number of allylic oxidation sites excluding steroid dienone is 2. The van der Waals surface area contributed by atoms with Crippen LogP contribution in [0.5, 0.6) is 0 Å². The Bertz CT molecular complexity index is 684. The van der Waals surface area contributed by atoms with E-state index in [9.17, 15) is 0 Å². The predicted molar refractivity (Wildman–Crippen MR) is 107 cm³/mol. The highest BCUT2D eigenvalue weighted by atomic mass is 15.3. The summed E-state index contributed by atoms with van der Waals surface area (Å²) >= 11 is 0. The van der Waals surface area contributed by atoms with Crippen molar-refractivity contribution >= 4 is 0 Å². The minimum absolute atomic E-state index is 1.06. The van der Waals surface area contributed by atoms with E-state index in [4.69, 9.17) is 0 Å². The Balaban J connectivity index is 1.97. The quantitative estimate of drug-likeness (QED) is 0.484. The monoisotopic (exact) mass is 332 g/mol. The summed E-state index contributed by atoms with van der Waals surface area (Å²) in [5.41, 5.74) is 5.90. The molecule has 1 aliphatic rings. The molecule has 3 rings (SSSR count). The molecule has 2 aromatic rings. The first-order valence-corrected chi connectivity index (χ1v) is 9.39. The molecule has 1 nitrogen and oxygen atoms in total. The van der Waals surface area contributed by atoms with Gasteiger partial charge >= 0.3 is 0 Å². The Labute approximate surface area is 152 Å². The molecule has 0 fully saturated rings. The van der Waals surface area contributed by atoms with Crippen LogP contribution in [0, 0.1) is 0 Å². The summed E-state index contributed by atoms with van der Waals surface area (Å²) in [5.74, 6) is 0. The van der Waals surface area contributed by atoms with Gasteiger partial charge in [0.05, 0.1) is 6.54 Å². The van der Waals surface area contributed by atoms with Crippen molar-refractivity contribution in [1.82, 2.24) is 0 Å². The average Bonchev–Trinajstić information content (AvgIpc) is 2.67. The molecule has 0 atom stereocenters. The van der Waals surface area contributed by atoms with Gasteiger partial charge < -0.3 is 4.48 Å². The van der Waals surface area contributed by atoms with Crippen LogP contribution >= 0.6 is 0 Å². The zero-order valence-electron chi connectivity index (χ0n) is 15.6. The van der Waals surface area contributed by atoms with Crippen LogP contribution in [0.4, 0.5) is 0 Å². The molecule has 0 bridgehead atoms. The third kappa shape index (κ3) is 5.17. The fraction of sp³-hybridized carbons (Fsp3) is 0.333. The largest absolute Gasteiger partial charge is 0.309 e. The minimum Gasteiger partial charge on any atom is -0.309 e. The standard InChI is InChI=1S/C24H30N/c1-21-10-9-11-22(2)18-25(17-16-21,19-23-12-5-3-6-13-23)20-24-14-7-4-8-15-24/h3-8,11-16H,9-10,17-20H2,1-2H3/q+1/b21-16-,22-11-. The lowest BCUT2D eigenvalue weighted by atomic mass is 10.1. The molecule has 0 radical (unpaired) electrons.